The lowest BCUT2D eigenvalue weighted by Crippen LogP contribution is -2.51. The summed E-state index contributed by atoms with van der Waals surface area (Å²) in [6.45, 7) is 3.59. The maximum atomic E-state index is 14.3. The molecule has 9 nitrogen and oxygen atoms in total. The number of rotatable bonds is 10. The van der Waals surface area contributed by atoms with Gasteiger partial charge in [-0.1, -0.05) is 67.1 Å². The third-order valence-corrected chi connectivity index (χ3v) is 8.69. The number of hydrogen-bond donors (Lipinski definition) is 2. The van der Waals surface area contributed by atoms with Crippen LogP contribution in [0.3, 0.4) is 0 Å². The fourth-order valence-corrected chi connectivity index (χ4v) is 6.29. The Bertz CT molecular complexity index is 1520. The van der Waals surface area contributed by atoms with E-state index in [2.05, 4.69) is 15.5 Å². The molecule has 4 amide bonds. The zero-order chi connectivity index (χ0) is 30.5. The van der Waals surface area contributed by atoms with Gasteiger partial charge in [-0.2, -0.15) is 0 Å². The smallest absolute Gasteiger partial charge is 0.322 e. The van der Waals surface area contributed by atoms with Crippen LogP contribution < -0.4 is 15.4 Å². The van der Waals surface area contributed by atoms with Crippen molar-refractivity contribution in [1.29, 1.82) is 0 Å². The molecule has 3 aliphatic heterocycles. The summed E-state index contributed by atoms with van der Waals surface area (Å²) in [7, 11) is 1.66. The highest BCUT2D eigenvalue weighted by atomic mass is 16.5. The van der Waals surface area contributed by atoms with Crippen molar-refractivity contribution in [1.82, 2.24) is 25.3 Å². The van der Waals surface area contributed by atoms with E-state index in [1.54, 1.807) is 11.9 Å². The van der Waals surface area contributed by atoms with Crippen LogP contribution in [0.4, 0.5) is 4.79 Å². The lowest BCUT2D eigenvalue weighted by atomic mass is 9.95. The molecule has 1 fully saturated rings. The van der Waals surface area contributed by atoms with Gasteiger partial charge in [0.1, 0.15) is 17.5 Å². The van der Waals surface area contributed by atoms with Crippen LogP contribution in [0.15, 0.2) is 96.2 Å². The number of piperidine rings is 1. The molecule has 2 N–H and O–H groups in total. The zero-order valence-corrected chi connectivity index (χ0v) is 25.1. The third kappa shape index (κ3) is 6.48. The Labute approximate surface area is 258 Å². The molecule has 1 saturated heterocycles. The highest BCUT2D eigenvalue weighted by molar-refractivity contribution is 6.03. The lowest BCUT2D eigenvalue weighted by molar-refractivity contribution is -0.136. The van der Waals surface area contributed by atoms with Crippen molar-refractivity contribution in [2.24, 2.45) is 0 Å². The number of carbonyl (C=O) groups is 3. The van der Waals surface area contributed by atoms with E-state index in [1.807, 2.05) is 84.9 Å². The minimum atomic E-state index is -0.728. The first-order chi connectivity index (χ1) is 21.5. The average Bonchev–Trinajstić information content (AvgIpc) is 3.40. The van der Waals surface area contributed by atoms with E-state index in [1.165, 1.54) is 24.2 Å². The molecule has 0 aliphatic carbocycles. The molecule has 0 radical (unpaired) electrons. The number of para-hydroxylation sites is 1. The van der Waals surface area contributed by atoms with Crippen molar-refractivity contribution < 1.29 is 19.1 Å². The Hall–Kier alpha value is -4.63. The molecule has 0 unspecified atom stereocenters. The number of ether oxygens (including phenoxy) is 1. The molecular formula is C35H39N5O4. The first-order valence-corrected chi connectivity index (χ1v) is 15.4. The summed E-state index contributed by atoms with van der Waals surface area (Å²) >= 11 is 0. The van der Waals surface area contributed by atoms with E-state index in [4.69, 9.17) is 4.74 Å². The highest BCUT2D eigenvalue weighted by Crippen LogP contribution is 2.38. The first-order valence-electron chi connectivity index (χ1n) is 15.4. The largest absolute Gasteiger partial charge is 0.457 e. The summed E-state index contributed by atoms with van der Waals surface area (Å²) in [5.41, 5.74) is 2.78. The van der Waals surface area contributed by atoms with E-state index in [9.17, 15) is 14.4 Å². The molecule has 3 aromatic carbocycles. The van der Waals surface area contributed by atoms with Crippen LogP contribution >= 0.6 is 0 Å². The van der Waals surface area contributed by atoms with Gasteiger partial charge in [-0.25, -0.2) is 4.79 Å². The fraction of sp³-hybridized carbons (Fsp3) is 0.343. The zero-order valence-electron chi connectivity index (χ0n) is 25.1. The molecule has 3 aromatic rings. The molecule has 228 valence electrons. The van der Waals surface area contributed by atoms with Crippen molar-refractivity contribution in [3.05, 3.63) is 107 Å². The molecule has 0 bridgehead atoms. The van der Waals surface area contributed by atoms with Crippen LogP contribution in [0, 0.1) is 0 Å². The minimum absolute atomic E-state index is 0.172. The number of amides is 4. The van der Waals surface area contributed by atoms with Gasteiger partial charge >= 0.3 is 6.03 Å². The number of urea groups is 1. The van der Waals surface area contributed by atoms with Gasteiger partial charge in [-0.05, 0) is 61.3 Å². The second-order valence-corrected chi connectivity index (χ2v) is 11.6. The summed E-state index contributed by atoms with van der Waals surface area (Å²) < 4.78 is 6.04. The Morgan fingerprint density at radius 1 is 0.932 bits per heavy atom. The number of hydrogen-bond acceptors (Lipinski definition) is 5. The van der Waals surface area contributed by atoms with E-state index in [-0.39, 0.29) is 24.4 Å². The lowest BCUT2D eigenvalue weighted by Gasteiger charge is -2.31. The van der Waals surface area contributed by atoms with Crippen LogP contribution in [0.2, 0.25) is 0 Å². The maximum Gasteiger partial charge on any atom is 0.322 e. The Kier molecular flexibility index (Phi) is 8.93. The number of carbonyl (C=O) groups excluding carboxylic acids is 3. The van der Waals surface area contributed by atoms with E-state index in [0.29, 0.717) is 35.7 Å². The average molecular weight is 594 g/mol. The Balaban J connectivity index is 1.25. The van der Waals surface area contributed by atoms with Gasteiger partial charge in [0.05, 0.1) is 23.9 Å². The number of nitrogens with one attached hydrogen (secondary N) is 2. The SMILES string of the molecule is CN1C(=O)N[C@@H](c2cccc(Oc3ccccc3)c2)C2=C1CN([C@H](Cc1ccccc1)C(=O)NCCN1CCCCC1)C2=O. The summed E-state index contributed by atoms with van der Waals surface area (Å²) in [5, 5.41) is 6.12. The van der Waals surface area contributed by atoms with Crippen molar-refractivity contribution in [3.8, 4) is 11.5 Å². The molecule has 44 heavy (non-hydrogen) atoms. The van der Waals surface area contributed by atoms with Crippen LogP contribution in [0.1, 0.15) is 36.4 Å². The first kappa shape index (κ1) is 29.4. The highest BCUT2D eigenvalue weighted by Gasteiger charge is 2.46. The molecule has 6 rings (SSSR count). The summed E-state index contributed by atoms with van der Waals surface area (Å²) in [6, 6.07) is 24.9. The van der Waals surface area contributed by atoms with Crippen molar-refractivity contribution in [2.75, 3.05) is 39.8 Å². The Morgan fingerprint density at radius 2 is 1.64 bits per heavy atom. The molecule has 0 saturated carbocycles. The van der Waals surface area contributed by atoms with E-state index < -0.39 is 12.1 Å². The number of benzene rings is 3. The molecule has 3 heterocycles. The summed E-state index contributed by atoms with van der Waals surface area (Å²) in [6.07, 6.45) is 4.01. The third-order valence-electron chi connectivity index (χ3n) is 8.69. The standard InChI is InChI=1S/C35H39N5O4/c1-38-30-24-40(29(22-25-12-5-2-6-13-25)33(41)36-18-21-39-19-9-4-10-20-39)34(42)31(30)32(37-35(38)43)26-14-11-17-28(23-26)44-27-15-7-3-8-16-27/h2-3,5-8,11-17,23,29,32H,4,9-10,18-22,24H2,1H3,(H,36,41)(H,37,43)/t29-,32+/m1/s1. The molecular weight excluding hydrogens is 554 g/mol. The molecule has 0 spiro atoms. The van der Waals surface area contributed by atoms with Gasteiger partial charge in [0.2, 0.25) is 5.91 Å². The predicted octanol–water partition coefficient (Wildman–Crippen LogP) is 4.48. The summed E-state index contributed by atoms with van der Waals surface area (Å²) in [4.78, 5) is 46.7. The van der Waals surface area contributed by atoms with Gasteiger partial charge in [-0.15, -0.1) is 0 Å². The van der Waals surface area contributed by atoms with Crippen molar-refractivity contribution in [3.63, 3.8) is 0 Å². The molecule has 2 atom stereocenters. The van der Waals surface area contributed by atoms with Gasteiger partial charge in [0.25, 0.3) is 5.91 Å². The quantitative estimate of drug-likeness (QED) is 0.362. The molecule has 3 aliphatic rings. The second kappa shape index (κ2) is 13.3. The fourth-order valence-electron chi connectivity index (χ4n) is 6.29. The predicted molar refractivity (Wildman–Crippen MR) is 168 cm³/mol. The topological polar surface area (TPSA) is 94.2 Å². The Morgan fingerprint density at radius 3 is 2.39 bits per heavy atom. The minimum Gasteiger partial charge on any atom is -0.457 e. The number of nitrogens with zero attached hydrogens (tertiary/aromatic N) is 3. The van der Waals surface area contributed by atoms with Crippen molar-refractivity contribution >= 4 is 17.8 Å². The van der Waals surface area contributed by atoms with E-state index >= 15 is 0 Å². The van der Waals surface area contributed by atoms with Crippen molar-refractivity contribution in [2.45, 2.75) is 37.8 Å². The van der Waals surface area contributed by atoms with Crippen LogP contribution in [0.25, 0.3) is 0 Å². The maximum absolute atomic E-state index is 14.3. The molecule has 9 heteroatoms. The van der Waals surface area contributed by atoms with Crippen LogP contribution in [-0.4, -0.2) is 78.4 Å². The normalized spacial score (nSPS) is 19.4. The second-order valence-electron chi connectivity index (χ2n) is 11.6. The van der Waals surface area contributed by atoms with Crippen LogP contribution in [-0.2, 0) is 16.0 Å². The summed E-state index contributed by atoms with van der Waals surface area (Å²) in [5.74, 6) is 0.852. The van der Waals surface area contributed by atoms with Crippen LogP contribution in [0.5, 0.6) is 11.5 Å². The number of likely N-dealkylation sites (N-methyl/N-ethyl adjacent to an activating group) is 1. The molecule has 0 aromatic heterocycles. The van der Waals surface area contributed by atoms with E-state index in [0.717, 1.165) is 30.8 Å². The number of likely N-dealkylation sites (tertiary alicyclic amines) is 1. The van der Waals surface area contributed by atoms with Gasteiger partial charge in [0.15, 0.2) is 0 Å². The van der Waals surface area contributed by atoms with Gasteiger partial charge < -0.3 is 25.2 Å². The monoisotopic (exact) mass is 593 g/mol. The van der Waals surface area contributed by atoms with Gasteiger partial charge in [0, 0.05) is 26.6 Å². The van der Waals surface area contributed by atoms with Gasteiger partial charge in [-0.3, -0.25) is 14.5 Å².